The van der Waals surface area contributed by atoms with Crippen LogP contribution in [0.25, 0.3) is 22.0 Å². The maximum atomic E-state index is 12.6. The lowest BCUT2D eigenvalue weighted by molar-refractivity contribution is -0.121. The summed E-state index contributed by atoms with van der Waals surface area (Å²) in [6.45, 7) is 0.222. The van der Waals surface area contributed by atoms with Crippen molar-refractivity contribution in [2.45, 2.75) is 25.7 Å². The number of carbonyl (C=O) groups excluding carboxylic acids is 1. The van der Waals surface area contributed by atoms with Crippen molar-refractivity contribution in [2.75, 3.05) is 11.9 Å². The summed E-state index contributed by atoms with van der Waals surface area (Å²) in [7, 11) is 1.97. The number of aromatic nitrogens is 3. The molecule has 1 aliphatic carbocycles. The van der Waals surface area contributed by atoms with E-state index >= 15 is 0 Å². The Bertz CT molecular complexity index is 958. The van der Waals surface area contributed by atoms with Crippen LogP contribution in [0.3, 0.4) is 0 Å². The smallest absolute Gasteiger partial charge is 0.228 e. The molecule has 1 aliphatic rings. The highest BCUT2D eigenvalue weighted by Crippen LogP contribution is 2.30. The lowest BCUT2D eigenvalue weighted by Crippen LogP contribution is -2.28. The van der Waals surface area contributed by atoms with Gasteiger partial charge in [0.1, 0.15) is 5.82 Å². The molecule has 0 saturated heterocycles. The Morgan fingerprint density at radius 2 is 2.00 bits per heavy atom. The number of nitrogens with one attached hydrogen (secondary N) is 1. The summed E-state index contributed by atoms with van der Waals surface area (Å²) in [5.41, 5.74) is 2.12. The Balaban J connectivity index is 1.52. The number of aryl methyl sites for hydroxylation is 1. The molecule has 0 spiro atoms. The summed E-state index contributed by atoms with van der Waals surface area (Å²) in [5, 5.41) is 14.3. The number of anilines is 1. The molecule has 0 aliphatic heterocycles. The van der Waals surface area contributed by atoms with E-state index < -0.39 is 0 Å². The molecular weight excluding hydrogens is 340 g/mol. The normalized spacial score (nSPS) is 19.9. The first-order valence-corrected chi connectivity index (χ1v) is 9.42. The Morgan fingerprint density at radius 1 is 1.19 bits per heavy atom. The van der Waals surface area contributed by atoms with Crippen molar-refractivity contribution in [3.63, 3.8) is 0 Å². The van der Waals surface area contributed by atoms with Crippen molar-refractivity contribution >= 4 is 22.5 Å². The third-order valence-electron chi connectivity index (χ3n) is 5.56. The number of imidazole rings is 1. The number of rotatable bonds is 4. The minimum Gasteiger partial charge on any atom is -0.396 e. The number of benzene rings is 1. The van der Waals surface area contributed by atoms with Gasteiger partial charge in [0.05, 0.1) is 18.2 Å². The summed E-state index contributed by atoms with van der Waals surface area (Å²) >= 11 is 0. The molecule has 3 aromatic rings. The molecule has 1 fully saturated rings. The zero-order valence-corrected chi connectivity index (χ0v) is 15.4. The van der Waals surface area contributed by atoms with Crippen LogP contribution in [0.5, 0.6) is 0 Å². The van der Waals surface area contributed by atoms with Gasteiger partial charge in [-0.15, -0.1) is 0 Å². The summed E-state index contributed by atoms with van der Waals surface area (Å²) in [5.74, 6) is 0.962. The number of nitrogens with zero attached hydrogens (tertiary/aromatic N) is 3. The topological polar surface area (TPSA) is 80.0 Å². The molecule has 0 bridgehead atoms. The van der Waals surface area contributed by atoms with Crippen LogP contribution in [0.15, 0.2) is 43.0 Å². The molecule has 1 aromatic carbocycles. The Morgan fingerprint density at radius 3 is 2.70 bits per heavy atom. The predicted octanol–water partition coefficient (Wildman–Crippen LogP) is 3.37. The Labute approximate surface area is 158 Å². The molecular formula is C21H24N4O2. The summed E-state index contributed by atoms with van der Waals surface area (Å²) < 4.78 is 1.98. The molecule has 140 valence electrons. The maximum absolute atomic E-state index is 12.6. The second-order valence-corrected chi connectivity index (χ2v) is 7.41. The number of hydrogen-bond donors (Lipinski definition) is 2. The molecule has 1 amide bonds. The summed E-state index contributed by atoms with van der Waals surface area (Å²) in [6.07, 6.45) is 8.89. The lowest BCUT2D eigenvalue weighted by Gasteiger charge is -2.26. The molecule has 6 nitrogen and oxygen atoms in total. The number of carbonyl (C=O) groups is 1. The molecule has 0 radical (unpaired) electrons. The first kappa shape index (κ1) is 17.7. The molecule has 27 heavy (non-hydrogen) atoms. The van der Waals surface area contributed by atoms with Crippen molar-refractivity contribution in [1.29, 1.82) is 0 Å². The van der Waals surface area contributed by atoms with Crippen molar-refractivity contribution in [3.05, 3.63) is 43.0 Å². The van der Waals surface area contributed by atoms with E-state index in [1.54, 1.807) is 12.5 Å². The van der Waals surface area contributed by atoms with E-state index in [9.17, 15) is 9.90 Å². The number of fused-ring (bicyclic) bond motifs is 1. The van der Waals surface area contributed by atoms with E-state index in [1.165, 1.54) is 0 Å². The van der Waals surface area contributed by atoms with Crippen LogP contribution < -0.4 is 5.32 Å². The molecule has 1 saturated carbocycles. The van der Waals surface area contributed by atoms with E-state index in [2.05, 4.69) is 27.4 Å². The Hall–Kier alpha value is -2.73. The van der Waals surface area contributed by atoms with Gasteiger partial charge in [0.15, 0.2) is 0 Å². The van der Waals surface area contributed by atoms with Crippen molar-refractivity contribution in [2.24, 2.45) is 18.9 Å². The zero-order chi connectivity index (χ0) is 18.8. The van der Waals surface area contributed by atoms with Gasteiger partial charge in [-0.05, 0) is 49.1 Å². The monoisotopic (exact) mass is 364 g/mol. The second kappa shape index (κ2) is 7.48. The van der Waals surface area contributed by atoms with Crippen molar-refractivity contribution < 1.29 is 9.90 Å². The third-order valence-corrected chi connectivity index (χ3v) is 5.56. The number of pyridine rings is 1. The maximum Gasteiger partial charge on any atom is 0.228 e. The summed E-state index contributed by atoms with van der Waals surface area (Å²) in [6, 6.07) is 8.11. The molecule has 0 atom stereocenters. The average Bonchev–Trinajstić information content (AvgIpc) is 3.13. The number of amides is 1. The minimum atomic E-state index is 0.00562. The van der Waals surface area contributed by atoms with Crippen molar-refractivity contribution in [1.82, 2.24) is 14.5 Å². The first-order chi connectivity index (χ1) is 13.1. The molecule has 4 rings (SSSR count). The van der Waals surface area contributed by atoms with Gasteiger partial charge in [0.2, 0.25) is 5.91 Å². The van der Waals surface area contributed by atoms with Gasteiger partial charge < -0.3 is 15.0 Å². The van der Waals surface area contributed by atoms with Gasteiger partial charge in [-0.3, -0.25) is 4.79 Å². The second-order valence-electron chi connectivity index (χ2n) is 7.41. The van der Waals surface area contributed by atoms with E-state index in [1.807, 2.05) is 29.9 Å². The van der Waals surface area contributed by atoms with Crippen LogP contribution in [-0.2, 0) is 11.8 Å². The van der Waals surface area contributed by atoms with E-state index in [4.69, 9.17) is 0 Å². The molecule has 0 unspecified atom stereocenters. The molecule has 6 heteroatoms. The van der Waals surface area contributed by atoms with Gasteiger partial charge in [0, 0.05) is 36.7 Å². The fourth-order valence-electron chi connectivity index (χ4n) is 3.84. The highest BCUT2D eigenvalue weighted by Gasteiger charge is 2.26. The van der Waals surface area contributed by atoms with E-state index in [0.717, 1.165) is 47.7 Å². The highest BCUT2D eigenvalue weighted by molar-refractivity contribution is 5.95. The number of aliphatic hydroxyl groups is 1. The van der Waals surface area contributed by atoms with Crippen LogP contribution in [0.4, 0.5) is 5.82 Å². The van der Waals surface area contributed by atoms with Gasteiger partial charge >= 0.3 is 0 Å². The fraction of sp³-hybridized carbons (Fsp3) is 0.381. The number of aliphatic hydroxyl groups excluding tert-OH is 1. The summed E-state index contributed by atoms with van der Waals surface area (Å²) in [4.78, 5) is 21.1. The van der Waals surface area contributed by atoms with E-state index in [-0.39, 0.29) is 18.4 Å². The van der Waals surface area contributed by atoms with Crippen LogP contribution in [0.1, 0.15) is 25.7 Å². The molecule has 2 N–H and O–H groups in total. The Kier molecular flexibility index (Phi) is 4.90. The van der Waals surface area contributed by atoms with Crippen molar-refractivity contribution in [3.8, 4) is 11.3 Å². The molecule has 2 heterocycles. The standard InChI is InChI=1S/C21H24N4O2/c1-25-13-22-11-19(25)16-6-7-17-10-23-20(9-18(17)8-16)24-21(27)15-4-2-14(12-26)3-5-15/h6-11,13-15,26H,2-5,12H2,1H3,(H,23,24,27). The van der Waals surface area contributed by atoms with Gasteiger partial charge in [-0.25, -0.2) is 9.97 Å². The minimum absolute atomic E-state index is 0.00562. The van der Waals surface area contributed by atoms with Crippen LogP contribution in [0.2, 0.25) is 0 Å². The average molecular weight is 364 g/mol. The van der Waals surface area contributed by atoms with E-state index in [0.29, 0.717) is 11.7 Å². The first-order valence-electron chi connectivity index (χ1n) is 9.42. The fourth-order valence-corrected chi connectivity index (χ4v) is 3.84. The van der Waals surface area contributed by atoms with Crippen LogP contribution >= 0.6 is 0 Å². The van der Waals surface area contributed by atoms with Crippen LogP contribution in [-0.4, -0.2) is 32.2 Å². The third kappa shape index (κ3) is 3.71. The van der Waals surface area contributed by atoms with Gasteiger partial charge in [0.25, 0.3) is 0 Å². The quantitative estimate of drug-likeness (QED) is 0.744. The zero-order valence-electron chi connectivity index (χ0n) is 15.4. The van der Waals surface area contributed by atoms with Gasteiger partial charge in [-0.2, -0.15) is 0 Å². The number of hydrogen-bond acceptors (Lipinski definition) is 4. The SMILES string of the molecule is Cn1cncc1-c1ccc2cnc(NC(=O)C3CCC(CO)CC3)cc2c1. The predicted molar refractivity (Wildman–Crippen MR) is 105 cm³/mol. The lowest BCUT2D eigenvalue weighted by atomic mass is 9.82. The van der Waals surface area contributed by atoms with Crippen LogP contribution in [0, 0.1) is 11.8 Å². The van der Waals surface area contributed by atoms with Gasteiger partial charge in [-0.1, -0.05) is 12.1 Å². The molecule has 2 aromatic heterocycles. The largest absolute Gasteiger partial charge is 0.396 e. The highest BCUT2D eigenvalue weighted by atomic mass is 16.3.